The molecule has 15 heavy (non-hydrogen) atoms. The Labute approximate surface area is 87.4 Å². The minimum Gasteiger partial charge on any atom is -0.480 e. The Balaban J connectivity index is 2.76. The number of pyridine rings is 1. The number of carboxylic acid groups (broad SMARTS) is 1. The molecule has 0 saturated carbocycles. The first kappa shape index (κ1) is 11.2. The second-order valence-corrected chi connectivity index (χ2v) is 3.24. The van der Waals surface area contributed by atoms with Crippen LogP contribution in [-0.2, 0) is 4.79 Å². The molecule has 1 amide bonds. The highest BCUT2D eigenvalue weighted by atomic mass is 16.4. The third-order valence-corrected chi connectivity index (χ3v) is 1.88. The Morgan fingerprint density at radius 1 is 1.47 bits per heavy atom. The maximum atomic E-state index is 11.6. The largest absolute Gasteiger partial charge is 0.480 e. The minimum absolute atomic E-state index is 0.313. The van der Waals surface area contributed by atoms with Crippen LogP contribution in [0.1, 0.15) is 16.1 Å². The van der Waals surface area contributed by atoms with Crippen LogP contribution in [0.2, 0.25) is 0 Å². The number of rotatable bonds is 3. The summed E-state index contributed by atoms with van der Waals surface area (Å²) >= 11 is 0. The smallest absolute Gasteiger partial charge is 0.323 e. The van der Waals surface area contributed by atoms with Gasteiger partial charge in [0.25, 0.3) is 5.91 Å². The van der Waals surface area contributed by atoms with Gasteiger partial charge in [0.05, 0.1) is 5.56 Å². The Bertz CT molecular complexity index is 373. The molecule has 0 bridgehead atoms. The van der Waals surface area contributed by atoms with Gasteiger partial charge in [-0.25, -0.2) is 0 Å². The highest BCUT2D eigenvalue weighted by Gasteiger charge is 2.13. The molecule has 0 aromatic carbocycles. The van der Waals surface area contributed by atoms with Crippen molar-refractivity contribution in [3.63, 3.8) is 0 Å². The molecule has 5 heteroatoms. The summed E-state index contributed by atoms with van der Waals surface area (Å²) in [6, 6.07) is 3.34. The van der Waals surface area contributed by atoms with E-state index in [4.69, 9.17) is 5.11 Å². The first-order valence-electron chi connectivity index (χ1n) is 4.40. The van der Waals surface area contributed by atoms with Gasteiger partial charge < -0.3 is 10.0 Å². The quantitative estimate of drug-likeness (QED) is 0.787. The summed E-state index contributed by atoms with van der Waals surface area (Å²) in [5, 5.41) is 8.51. The molecule has 0 fully saturated rings. The monoisotopic (exact) mass is 208 g/mol. The molecule has 0 radical (unpaired) electrons. The van der Waals surface area contributed by atoms with E-state index >= 15 is 0 Å². The van der Waals surface area contributed by atoms with E-state index in [0.717, 1.165) is 10.6 Å². The van der Waals surface area contributed by atoms with Gasteiger partial charge in [-0.15, -0.1) is 0 Å². The van der Waals surface area contributed by atoms with Gasteiger partial charge in [0.1, 0.15) is 6.54 Å². The summed E-state index contributed by atoms with van der Waals surface area (Å²) in [6.07, 6.45) is 1.44. The van der Waals surface area contributed by atoms with Gasteiger partial charge in [-0.2, -0.15) is 0 Å². The van der Waals surface area contributed by atoms with Crippen LogP contribution in [-0.4, -0.2) is 40.5 Å². The topological polar surface area (TPSA) is 70.5 Å². The number of amides is 1. The van der Waals surface area contributed by atoms with Crippen LogP contribution in [0, 0.1) is 6.92 Å². The third-order valence-electron chi connectivity index (χ3n) is 1.88. The molecule has 80 valence electrons. The highest BCUT2D eigenvalue weighted by molar-refractivity contribution is 5.95. The van der Waals surface area contributed by atoms with E-state index in [1.165, 1.54) is 13.2 Å². The zero-order chi connectivity index (χ0) is 11.4. The summed E-state index contributed by atoms with van der Waals surface area (Å²) in [5.74, 6) is -1.38. The van der Waals surface area contributed by atoms with Gasteiger partial charge >= 0.3 is 5.97 Å². The van der Waals surface area contributed by atoms with Crippen molar-refractivity contribution in [1.29, 1.82) is 0 Å². The fraction of sp³-hybridized carbons (Fsp3) is 0.300. The minimum atomic E-state index is -1.04. The van der Waals surface area contributed by atoms with E-state index in [1.807, 2.05) is 6.92 Å². The molecule has 1 N–H and O–H groups in total. The Morgan fingerprint density at radius 3 is 2.60 bits per heavy atom. The average Bonchev–Trinajstić information content (AvgIpc) is 2.17. The molecule has 0 atom stereocenters. The number of carbonyl (C=O) groups is 2. The SMILES string of the molecule is Cc1ccc(C(=O)N(C)CC(=O)O)cn1. The number of hydrogen-bond donors (Lipinski definition) is 1. The van der Waals surface area contributed by atoms with Gasteiger partial charge in [0.15, 0.2) is 0 Å². The van der Waals surface area contributed by atoms with Crippen LogP contribution in [0.15, 0.2) is 18.3 Å². The number of hydrogen-bond acceptors (Lipinski definition) is 3. The summed E-state index contributed by atoms with van der Waals surface area (Å²) in [7, 11) is 1.44. The van der Waals surface area contributed by atoms with Gasteiger partial charge in [-0.05, 0) is 19.1 Å². The van der Waals surface area contributed by atoms with Gasteiger partial charge in [0.2, 0.25) is 0 Å². The van der Waals surface area contributed by atoms with Crippen molar-refractivity contribution in [3.05, 3.63) is 29.6 Å². The summed E-state index contributed by atoms with van der Waals surface area (Å²) in [4.78, 5) is 27.1. The molecule has 1 rings (SSSR count). The normalized spacial score (nSPS) is 9.73. The van der Waals surface area contributed by atoms with Crippen molar-refractivity contribution < 1.29 is 14.7 Å². The number of aryl methyl sites for hydroxylation is 1. The number of likely N-dealkylation sites (N-methyl/N-ethyl adjacent to an activating group) is 1. The molecule has 0 unspecified atom stereocenters. The lowest BCUT2D eigenvalue weighted by Crippen LogP contribution is -2.31. The number of aromatic nitrogens is 1. The van der Waals surface area contributed by atoms with Crippen LogP contribution in [0.3, 0.4) is 0 Å². The van der Waals surface area contributed by atoms with Crippen molar-refractivity contribution in [3.8, 4) is 0 Å². The molecule has 0 spiro atoms. The van der Waals surface area contributed by atoms with E-state index in [2.05, 4.69) is 4.98 Å². The molecular weight excluding hydrogens is 196 g/mol. The second kappa shape index (κ2) is 4.54. The van der Waals surface area contributed by atoms with Crippen molar-refractivity contribution in [2.24, 2.45) is 0 Å². The second-order valence-electron chi connectivity index (χ2n) is 3.24. The zero-order valence-corrected chi connectivity index (χ0v) is 8.60. The molecule has 1 aromatic heterocycles. The maximum Gasteiger partial charge on any atom is 0.323 e. The number of nitrogens with zero attached hydrogens (tertiary/aromatic N) is 2. The fourth-order valence-electron chi connectivity index (χ4n) is 1.09. The van der Waals surface area contributed by atoms with Crippen molar-refractivity contribution in [2.45, 2.75) is 6.92 Å². The lowest BCUT2D eigenvalue weighted by molar-refractivity contribution is -0.137. The molecule has 1 heterocycles. The maximum absolute atomic E-state index is 11.6. The van der Waals surface area contributed by atoms with Gasteiger partial charge in [0, 0.05) is 18.9 Å². The molecule has 0 aliphatic carbocycles. The van der Waals surface area contributed by atoms with E-state index in [0.29, 0.717) is 5.56 Å². The predicted octanol–water partition coefficient (Wildman–Crippen LogP) is 0.547. The Hall–Kier alpha value is -1.91. The number of carboxylic acids is 1. The van der Waals surface area contributed by atoms with Crippen LogP contribution in [0.4, 0.5) is 0 Å². The number of carbonyl (C=O) groups excluding carboxylic acids is 1. The first-order valence-corrected chi connectivity index (χ1v) is 4.40. The molecular formula is C10H12N2O3. The van der Waals surface area contributed by atoms with Crippen molar-refractivity contribution in [1.82, 2.24) is 9.88 Å². The lowest BCUT2D eigenvalue weighted by atomic mass is 10.2. The van der Waals surface area contributed by atoms with E-state index in [1.54, 1.807) is 12.1 Å². The van der Waals surface area contributed by atoms with Crippen LogP contribution in [0.25, 0.3) is 0 Å². The summed E-state index contributed by atoms with van der Waals surface area (Å²) in [5.41, 5.74) is 1.21. The molecule has 0 saturated heterocycles. The zero-order valence-electron chi connectivity index (χ0n) is 8.60. The molecule has 1 aromatic rings. The van der Waals surface area contributed by atoms with Gasteiger partial charge in [-0.3, -0.25) is 14.6 Å². The lowest BCUT2D eigenvalue weighted by Gasteiger charge is -2.13. The Kier molecular flexibility index (Phi) is 3.38. The summed E-state index contributed by atoms with van der Waals surface area (Å²) < 4.78 is 0. The van der Waals surface area contributed by atoms with Crippen LogP contribution in [0.5, 0.6) is 0 Å². The van der Waals surface area contributed by atoms with Crippen molar-refractivity contribution in [2.75, 3.05) is 13.6 Å². The molecule has 0 aliphatic heterocycles. The average molecular weight is 208 g/mol. The van der Waals surface area contributed by atoms with Crippen LogP contribution >= 0.6 is 0 Å². The fourth-order valence-corrected chi connectivity index (χ4v) is 1.09. The van der Waals surface area contributed by atoms with E-state index < -0.39 is 5.97 Å². The van der Waals surface area contributed by atoms with E-state index in [9.17, 15) is 9.59 Å². The van der Waals surface area contributed by atoms with Crippen molar-refractivity contribution >= 4 is 11.9 Å². The Morgan fingerprint density at radius 2 is 2.13 bits per heavy atom. The number of aliphatic carboxylic acids is 1. The third kappa shape index (κ3) is 3.05. The first-order chi connectivity index (χ1) is 7.00. The standard InChI is InChI=1S/C10H12N2O3/c1-7-3-4-8(5-11-7)10(15)12(2)6-9(13)14/h3-5H,6H2,1-2H3,(H,13,14). The summed E-state index contributed by atoms with van der Waals surface area (Å²) in [6.45, 7) is 1.50. The molecule has 5 nitrogen and oxygen atoms in total. The van der Waals surface area contributed by atoms with E-state index in [-0.39, 0.29) is 12.5 Å². The van der Waals surface area contributed by atoms with Crippen LogP contribution < -0.4 is 0 Å². The van der Waals surface area contributed by atoms with Gasteiger partial charge in [-0.1, -0.05) is 0 Å². The molecule has 0 aliphatic rings. The highest BCUT2D eigenvalue weighted by Crippen LogP contribution is 2.02. The predicted molar refractivity (Wildman–Crippen MR) is 53.6 cm³/mol.